The summed E-state index contributed by atoms with van der Waals surface area (Å²) in [5.41, 5.74) is -0.600. The van der Waals surface area contributed by atoms with Crippen molar-refractivity contribution in [1.82, 2.24) is 15.5 Å². The molecule has 1 heterocycles. The molecule has 0 unspecified atom stereocenters. The van der Waals surface area contributed by atoms with Crippen LogP contribution in [0.3, 0.4) is 0 Å². The number of fused-ring (bicyclic) bond motifs is 1. The average molecular weight is 452 g/mol. The maximum atomic E-state index is 12.4. The zero-order valence-electron chi connectivity index (χ0n) is 19.1. The van der Waals surface area contributed by atoms with Crippen LogP contribution < -0.4 is 14.8 Å². The van der Waals surface area contributed by atoms with Gasteiger partial charge in [0, 0.05) is 13.3 Å². The van der Waals surface area contributed by atoms with Gasteiger partial charge < -0.3 is 19.3 Å². The Labute approximate surface area is 192 Å². The van der Waals surface area contributed by atoms with E-state index in [9.17, 15) is 9.59 Å². The van der Waals surface area contributed by atoms with Gasteiger partial charge in [-0.1, -0.05) is 43.0 Å². The molecule has 0 aliphatic heterocycles. The maximum absolute atomic E-state index is 12.4. The first-order chi connectivity index (χ1) is 16.0. The Bertz CT molecular complexity index is 1130. The van der Waals surface area contributed by atoms with E-state index in [2.05, 4.69) is 15.5 Å². The van der Waals surface area contributed by atoms with Crippen molar-refractivity contribution in [3.8, 4) is 11.5 Å². The first-order valence-electron chi connectivity index (χ1n) is 11.4. The van der Waals surface area contributed by atoms with Crippen molar-refractivity contribution in [2.75, 3.05) is 7.11 Å². The highest BCUT2D eigenvalue weighted by Crippen LogP contribution is 2.34. The largest absolute Gasteiger partial charge is 0.497 e. The zero-order valence-corrected chi connectivity index (χ0v) is 19.1. The van der Waals surface area contributed by atoms with Crippen molar-refractivity contribution in [1.29, 1.82) is 0 Å². The monoisotopic (exact) mass is 451 g/mol. The molecule has 3 aromatic rings. The fourth-order valence-corrected chi connectivity index (χ4v) is 4.41. The van der Waals surface area contributed by atoms with Crippen LogP contribution in [0.25, 0.3) is 10.8 Å². The van der Waals surface area contributed by atoms with Crippen molar-refractivity contribution in [2.45, 2.75) is 63.8 Å². The number of carbonyl (C=O) groups excluding carboxylic acids is 2. The molecular weight excluding hydrogens is 422 g/mol. The van der Waals surface area contributed by atoms with Crippen molar-refractivity contribution >= 4 is 22.6 Å². The standard InChI is InChI=1S/C25H29N3O5/c1-17(29)27-25(13-5-3-4-6-14-25)24-26-22(33-28-24)11-12-23(30)32-21-10-8-18-7-9-20(31-2)15-19(18)16-21/h7-10,15-16H,3-6,11-14H2,1-2H3,(H,27,29). The molecule has 1 saturated carbocycles. The number of benzene rings is 2. The Morgan fingerprint density at radius 1 is 1.03 bits per heavy atom. The third-order valence-electron chi connectivity index (χ3n) is 6.06. The van der Waals surface area contributed by atoms with Crippen LogP contribution in [0.5, 0.6) is 11.5 Å². The lowest BCUT2D eigenvalue weighted by Gasteiger charge is -2.30. The molecule has 0 atom stereocenters. The molecule has 1 aliphatic carbocycles. The number of carbonyl (C=O) groups is 2. The number of hydrogen-bond acceptors (Lipinski definition) is 7. The average Bonchev–Trinajstić information content (AvgIpc) is 3.17. The molecule has 2 aromatic carbocycles. The van der Waals surface area contributed by atoms with E-state index in [1.165, 1.54) is 6.92 Å². The van der Waals surface area contributed by atoms with E-state index in [1.807, 2.05) is 30.3 Å². The van der Waals surface area contributed by atoms with Crippen LogP contribution in [-0.4, -0.2) is 29.1 Å². The maximum Gasteiger partial charge on any atom is 0.311 e. The SMILES string of the molecule is COc1ccc2ccc(OC(=O)CCc3nc(C4(NC(C)=O)CCCCCC4)no3)cc2c1. The molecule has 0 spiro atoms. The molecular formula is C25H29N3O5. The van der Waals surface area contributed by atoms with E-state index >= 15 is 0 Å². The predicted molar refractivity (Wildman–Crippen MR) is 122 cm³/mol. The quantitative estimate of drug-likeness (QED) is 0.321. The molecule has 174 valence electrons. The molecule has 1 fully saturated rings. The number of hydrogen-bond donors (Lipinski definition) is 1. The number of nitrogens with one attached hydrogen (secondary N) is 1. The van der Waals surface area contributed by atoms with Crippen molar-refractivity contribution < 1.29 is 23.6 Å². The minimum absolute atomic E-state index is 0.102. The lowest BCUT2D eigenvalue weighted by atomic mass is 9.89. The first-order valence-corrected chi connectivity index (χ1v) is 11.4. The van der Waals surface area contributed by atoms with Crippen LogP contribution >= 0.6 is 0 Å². The number of methoxy groups -OCH3 is 1. The van der Waals surface area contributed by atoms with Crippen LogP contribution in [0.4, 0.5) is 0 Å². The summed E-state index contributed by atoms with van der Waals surface area (Å²) in [7, 11) is 1.61. The van der Waals surface area contributed by atoms with Crippen LogP contribution in [-0.2, 0) is 21.5 Å². The smallest absolute Gasteiger partial charge is 0.311 e. The number of rotatable bonds is 7. The van der Waals surface area contributed by atoms with Gasteiger partial charge in [0.05, 0.1) is 13.5 Å². The molecule has 0 bridgehead atoms. The minimum Gasteiger partial charge on any atom is -0.497 e. The second-order valence-electron chi connectivity index (χ2n) is 8.54. The first kappa shape index (κ1) is 22.8. The van der Waals surface area contributed by atoms with Crippen LogP contribution in [0.1, 0.15) is 63.6 Å². The summed E-state index contributed by atoms with van der Waals surface area (Å²) in [6.07, 6.45) is 6.16. The second kappa shape index (κ2) is 10.0. The molecule has 1 amide bonds. The van der Waals surface area contributed by atoms with E-state index in [4.69, 9.17) is 14.0 Å². The number of aromatic nitrogens is 2. The Kier molecular flexibility index (Phi) is 6.91. The van der Waals surface area contributed by atoms with Gasteiger partial charge in [-0.3, -0.25) is 9.59 Å². The van der Waals surface area contributed by atoms with Crippen LogP contribution in [0.2, 0.25) is 0 Å². The fourth-order valence-electron chi connectivity index (χ4n) is 4.41. The van der Waals surface area contributed by atoms with E-state index in [0.717, 1.165) is 55.0 Å². The lowest BCUT2D eigenvalue weighted by Crippen LogP contribution is -2.45. The molecule has 33 heavy (non-hydrogen) atoms. The summed E-state index contributed by atoms with van der Waals surface area (Å²) < 4.78 is 16.2. The molecule has 0 saturated heterocycles. The van der Waals surface area contributed by atoms with Crippen LogP contribution in [0, 0.1) is 0 Å². The van der Waals surface area contributed by atoms with Gasteiger partial charge in [0.15, 0.2) is 5.82 Å². The molecule has 1 aromatic heterocycles. The molecule has 1 aliphatic rings. The Morgan fingerprint density at radius 3 is 2.42 bits per heavy atom. The van der Waals surface area contributed by atoms with Crippen molar-refractivity contribution in [3.05, 3.63) is 48.1 Å². The fraction of sp³-hybridized carbons (Fsp3) is 0.440. The normalized spacial score (nSPS) is 15.6. The van der Waals surface area contributed by atoms with E-state index in [0.29, 0.717) is 17.5 Å². The van der Waals surface area contributed by atoms with Crippen molar-refractivity contribution in [2.24, 2.45) is 0 Å². The molecule has 0 radical (unpaired) electrons. The van der Waals surface area contributed by atoms with Gasteiger partial charge in [-0.15, -0.1) is 0 Å². The van der Waals surface area contributed by atoms with Gasteiger partial charge in [-0.2, -0.15) is 4.98 Å². The predicted octanol–water partition coefficient (Wildman–Crippen LogP) is 4.46. The van der Waals surface area contributed by atoms with Gasteiger partial charge in [-0.05, 0) is 47.9 Å². The van der Waals surface area contributed by atoms with Gasteiger partial charge in [0.1, 0.15) is 17.0 Å². The lowest BCUT2D eigenvalue weighted by molar-refractivity contribution is -0.134. The molecule has 8 nitrogen and oxygen atoms in total. The summed E-state index contributed by atoms with van der Waals surface area (Å²) in [6, 6.07) is 11.2. The Morgan fingerprint density at radius 2 is 1.73 bits per heavy atom. The Hall–Kier alpha value is -3.42. The summed E-state index contributed by atoms with van der Waals surface area (Å²) in [6.45, 7) is 1.51. The Balaban J connectivity index is 1.40. The number of aryl methyl sites for hydroxylation is 1. The highest BCUT2D eigenvalue weighted by atomic mass is 16.5. The second-order valence-corrected chi connectivity index (χ2v) is 8.54. The van der Waals surface area contributed by atoms with Crippen LogP contribution in [0.15, 0.2) is 40.9 Å². The summed E-state index contributed by atoms with van der Waals surface area (Å²) in [4.78, 5) is 28.8. The molecule has 1 N–H and O–H groups in total. The highest BCUT2D eigenvalue weighted by Gasteiger charge is 2.38. The number of nitrogens with zero attached hydrogens (tertiary/aromatic N) is 2. The third-order valence-corrected chi connectivity index (χ3v) is 6.06. The molecule has 4 rings (SSSR count). The van der Waals surface area contributed by atoms with E-state index in [-0.39, 0.29) is 24.7 Å². The minimum atomic E-state index is -0.600. The summed E-state index contributed by atoms with van der Waals surface area (Å²) in [5.74, 6) is 1.56. The summed E-state index contributed by atoms with van der Waals surface area (Å²) >= 11 is 0. The van der Waals surface area contributed by atoms with Gasteiger partial charge in [0.25, 0.3) is 0 Å². The third kappa shape index (κ3) is 5.50. The van der Waals surface area contributed by atoms with Crippen molar-refractivity contribution in [3.63, 3.8) is 0 Å². The number of esters is 1. The zero-order chi connectivity index (χ0) is 23.3. The van der Waals surface area contributed by atoms with Gasteiger partial charge in [0.2, 0.25) is 11.8 Å². The summed E-state index contributed by atoms with van der Waals surface area (Å²) in [5, 5.41) is 9.17. The van der Waals surface area contributed by atoms with E-state index < -0.39 is 5.54 Å². The van der Waals surface area contributed by atoms with E-state index in [1.54, 1.807) is 13.2 Å². The topological polar surface area (TPSA) is 104 Å². The molecule has 8 heteroatoms. The van der Waals surface area contributed by atoms with Gasteiger partial charge >= 0.3 is 5.97 Å². The van der Waals surface area contributed by atoms with Gasteiger partial charge in [-0.25, -0.2) is 0 Å². The number of ether oxygens (including phenoxy) is 2. The number of amides is 1. The highest BCUT2D eigenvalue weighted by molar-refractivity contribution is 5.86.